The van der Waals surface area contributed by atoms with Gasteiger partial charge in [0.05, 0.1) is 0 Å². The summed E-state index contributed by atoms with van der Waals surface area (Å²) in [5.74, 6) is -0.676. The Bertz CT molecular complexity index is 208. The maximum atomic E-state index is 11.3. The minimum absolute atomic E-state index is 0.540. The zero-order valence-electron chi connectivity index (χ0n) is 8.83. The van der Waals surface area contributed by atoms with Crippen LogP contribution in [0.25, 0.3) is 0 Å². The van der Waals surface area contributed by atoms with Gasteiger partial charge in [0, 0.05) is 13.1 Å². The summed E-state index contributed by atoms with van der Waals surface area (Å²) in [6.45, 7) is 4.15. The van der Waals surface area contributed by atoms with Crippen LogP contribution in [0.2, 0.25) is 0 Å². The van der Waals surface area contributed by atoms with Crippen molar-refractivity contribution in [3.8, 4) is 0 Å². The Morgan fingerprint density at radius 2 is 2.36 bits per heavy atom. The van der Waals surface area contributed by atoms with Crippen LogP contribution in [-0.4, -0.2) is 41.1 Å². The second-order valence-electron chi connectivity index (χ2n) is 3.97. The minimum Gasteiger partial charge on any atom is -0.480 e. The zero-order chi connectivity index (χ0) is 10.6. The molecule has 4 heteroatoms. The van der Waals surface area contributed by atoms with E-state index in [1.54, 1.807) is 0 Å². The number of carbonyl (C=O) groups is 1. The van der Waals surface area contributed by atoms with Gasteiger partial charge in [-0.2, -0.15) is 0 Å². The summed E-state index contributed by atoms with van der Waals surface area (Å²) in [6, 6.07) is 0. The number of hydrogen-bond acceptors (Lipinski definition) is 3. The molecule has 1 rings (SSSR count). The van der Waals surface area contributed by atoms with Crippen LogP contribution in [0, 0.1) is 0 Å². The van der Waals surface area contributed by atoms with E-state index < -0.39 is 11.5 Å². The summed E-state index contributed by atoms with van der Waals surface area (Å²) < 4.78 is 0. The third-order valence-electron chi connectivity index (χ3n) is 3.08. The van der Waals surface area contributed by atoms with E-state index >= 15 is 0 Å². The molecule has 1 saturated heterocycles. The molecule has 1 unspecified atom stereocenters. The van der Waals surface area contributed by atoms with E-state index in [9.17, 15) is 9.90 Å². The smallest absolute Gasteiger partial charge is 0.324 e. The molecule has 1 aliphatic rings. The highest BCUT2D eigenvalue weighted by molar-refractivity contribution is 5.79. The molecule has 0 aromatic carbocycles. The van der Waals surface area contributed by atoms with Gasteiger partial charge in [0.1, 0.15) is 5.54 Å². The van der Waals surface area contributed by atoms with Gasteiger partial charge >= 0.3 is 5.97 Å². The van der Waals surface area contributed by atoms with E-state index in [2.05, 4.69) is 0 Å². The predicted molar refractivity (Wildman–Crippen MR) is 55.1 cm³/mol. The molecular weight excluding hydrogens is 180 g/mol. The van der Waals surface area contributed by atoms with Crippen molar-refractivity contribution in [3.63, 3.8) is 0 Å². The van der Waals surface area contributed by atoms with Crippen LogP contribution < -0.4 is 5.73 Å². The molecule has 3 N–H and O–H groups in total. The van der Waals surface area contributed by atoms with Crippen molar-refractivity contribution < 1.29 is 9.90 Å². The number of carboxylic acids is 1. The normalized spacial score (nSPS) is 28.1. The van der Waals surface area contributed by atoms with Gasteiger partial charge in [-0.15, -0.1) is 0 Å². The highest BCUT2D eigenvalue weighted by Gasteiger charge is 2.46. The van der Waals surface area contributed by atoms with Crippen LogP contribution in [0.4, 0.5) is 0 Å². The van der Waals surface area contributed by atoms with Gasteiger partial charge in [0.15, 0.2) is 0 Å². The van der Waals surface area contributed by atoms with E-state index in [0.717, 1.165) is 32.2 Å². The van der Waals surface area contributed by atoms with Crippen molar-refractivity contribution in [2.45, 2.75) is 38.1 Å². The maximum Gasteiger partial charge on any atom is 0.324 e. The van der Waals surface area contributed by atoms with E-state index in [0.29, 0.717) is 13.1 Å². The largest absolute Gasteiger partial charge is 0.480 e. The summed E-state index contributed by atoms with van der Waals surface area (Å²) in [4.78, 5) is 13.4. The van der Waals surface area contributed by atoms with Crippen LogP contribution in [-0.2, 0) is 4.79 Å². The van der Waals surface area contributed by atoms with Crippen LogP contribution in [0.5, 0.6) is 0 Å². The van der Waals surface area contributed by atoms with Crippen molar-refractivity contribution in [3.05, 3.63) is 0 Å². The fourth-order valence-corrected chi connectivity index (χ4v) is 2.46. The van der Waals surface area contributed by atoms with E-state index in [1.165, 1.54) is 0 Å². The second-order valence-corrected chi connectivity index (χ2v) is 3.97. The van der Waals surface area contributed by atoms with Gasteiger partial charge in [-0.25, -0.2) is 0 Å². The number of likely N-dealkylation sites (tertiary alicyclic amines) is 1. The number of carboxylic acid groups (broad SMARTS) is 1. The number of nitrogens with two attached hydrogens (primary N) is 1. The molecular formula is C10H20N2O2. The van der Waals surface area contributed by atoms with E-state index in [1.807, 2.05) is 11.8 Å². The lowest BCUT2D eigenvalue weighted by atomic mass is 9.90. The monoisotopic (exact) mass is 200 g/mol. The minimum atomic E-state index is -0.676. The molecule has 0 bridgehead atoms. The third kappa shape index (κ3) is 1.91. The average molecular weight is 200 g/mol. The van der Waals surface area contributed by atoms with Crippen molar-refractivity contribution in [2.75, 3.05) is 19.6 Å². The van der Waals surface area contributed by atoms with E-state index in [4.69, 9.17) is 5.73 Å². The van der Waals surface area contributed by atoms with Gasteiger partial charge < -0.3 is 10.8 Å². The van der Waals surface area contributed by atoms with Crippen LogP contribution in [0.15, 0.2) is 0 Å². The maximum absolute atomic E-state index is 11.3. The Balaban J connectivity index is 2.77. The molecule has 1 fully saturated rings. The molecule has 0 amide bonds. The van der Waals surface area contributed by atoms with Gasteiger partial charge in [-0.05, 0) is 25.8 Å². The predicted octanol–water partition coefficient (Wildman–Crippen LogP) is 0.664. The third-order valence-corrected chi connectivity index (χ3v) is 3.08. The summed E-state index contributed by atoms with van der Waals surface area (Å²) >= 11 is 0. The topological polar surface area (TPSA) is 66.6 Å². The lowest BCUT2D eigenvalue weighted by molar-refractivity contribution is -0.150. The van der Waals surface area contributed by atoms with E-state index in [-0.39, 0.29) is 0 Å². The standard InChI is InChI=1S/C10H20N2O2/c1-2-4-10(9(13)14)5-3-7-12(10)8-6-11/h2-8,11H2,1H3,(H,13,14). The number of nitrogens with zero attached hydrogens (tertiary/aromatic N) is 1. The van der Waals surface area contributed by atoms with Crippen LogP contribution >= 0.6 is 0 Å². The lowest BCUT2D eigenvalue weighted by Gasteiger charge is -2.34. The molecule has 0 spiro atoms. The van der Waals surface area contributed by atoms with Crippen LogP contribution in [0.1, 0.15) is 32.6 Å². The first-order chi connectivity index (χ1) is 6.67. The van der Waals surface area contributed by atoms with Gasteiger partial charge in [0.2, 0.25) is 0 Å². The summed E-state index contributed by atoms with van der Waals surface area (Å²) in [5.41, 5.74) is 4.87. The summed E-state index contributed by atoms with van der Waals surface area (Å²) in [5, 5.41) is 9.31. The van der Waals surface area contributed by atoms with Crippen molar-refractivity contribution >= 4 is 5.97 Å². The Morgan fingerprint density at radius 1 is 1.64 bits per heavy atom. The SMILES string of the molecule is CCCC1(C(=O)O)CCCN1CCN. The molecule has 14 heavy (non-hydrogen) atoms. The molecule has 1 heterocycles. The van der Waals surface area contributed by atoms with Gasteiger partial charge in [-0.1, -0.05) is 13.3 Å². The highest BCUT2D eigenvalue weighted by atomic mass is 16.4. The number of aliphatic carboxylic acids is 1. The van der Waals surface area contributed by atoms with Crippen LogP contribution in [0.3, 0.4) is 0 Å². The van der Waals surface area contributed by atoms with Gasteiger partial charge in [0.25, 0.3) is 0 Å². The lowest BCUT2D eigenvalue weighted by Crippen LogP contribution is -2.51. The Kier molecular flexibility index (Phi) is 3.89. The molecule has 0 radical (unpaired) electrons. The molecule has 1 atom stereocenters. The molecule has 82 valence electrons. The highest BCUT2D eigenvalue weighted by Crippen LogP contribution is 2.33. The molecule has 4 nitrogen and oxygen atoms in total. The molecule has 0 aromatic rings. The fourth-order valence-electron chi connectivity index (χ4n) is 2.46. The quantitative estimate of drug-likeness (QED) is 0.684. The molecule has 1 aliphatic heterocycles. The molecule has 0 aliphatic carbocycles. The summed E-state index contributed by atoms with van der Waals surface area (Å²) in [6.07, 6.45) is 3.40. The first-order valence-electron chi connectivity index (χ1n) is 5.36. The average Bonchev–Trinajstić information content (AvgIpc) is 2.51. The second kappa shape index (κ2) is 4.75. The zero-order valence-corrected chi connectivity index (χ0v) is 8.83. The number of rotatable bonds is 5. The first kappa shape index (κ1) is 11.5. The number of hydrogen-bond donors (Lipinski definition) is 2. The fraction of sp³-hybridized carbons (Fsp3) is 0.900. The Hall–Kier alpha value is -0.610. The molecule has 0 saturated carbocycles. The Labute approximate surface area is 85.1 Å². The first-order valence-corrected chi connectivity index (χ1v) is 5.36. The van der Waals surface area contributed by atoms with Crippen molar-refractivity contribution in [2.24, 2.45) is 5.73 Å². The van der Waals surface area contributed by atoms with Gasteiger partial charge in [-0.3, -0.25) is 9.69 Å². The Morgan fingerprint density at radius 3 is 2.86 bits per heavy atom. The molecule has 0 aromatic heterocycles. The van der Waals surface area contributed by atoms with Crippen molar-refractivity contribution in [1.82, 2.24) is 4.90 Å². The van der Waals surface area contributed by atoms with Crippen molar-refractivity contribution in [1.29, 1.82) is 0 Å². The summed E-state index contributed by atoms with van der Waals surface area (Å²) in [7, 11) is 0.